The largest absolute Gasteiger partial charge is 0.462 e. The van der Waals surface area contributed by atoms with Gasteiger partial charge in [0.1, 0.15) is 11.0 Å². The van der Waals surface area contributed by atoms with Crippen molar-refractivity contribution in [3.63, 3.8) is 0 Å². The molecular weight excluding hydrogens is 482 g/mol. The van der Waals surface area contributed by atoms with Crippen LogP contribution in [0, 0.1) is 0 Å². The van der Waals surface area contributed by atoms with Crippen LogP contribution in [0.4, 0.5) is 0 Å². The third kappa shape index (κ3) is 6.17. The SMILES string of the molecule is CCOC(=O)c1ccc(Br)cc1Sc1c(Cl)cccc1C=NS(=O)C(C)(C)C. The average Bonchev–Trinajstić information content (AvgIpc) is 2.61. The number of hydrogen-bond acceptors (Lipinski definition) is 4. The van der Waals surface area contributed by atoms with E-state index in [9.17, 15) is 9.00 Å². The minimum absolute atomic E-state index is 0.293. The Morgan fingerprint density at radius 2 is 2.04 bits per heavy atom. The van der Waals surface area contributed by atoms with E-state index in [1.807, 2.05) is 32.9 Å². The highest BCUT2D eigenvalue weighted by atomic mass is 79.9. The van der Waals surface area contributed by atoms with Crippen LogP contribution in [0.15, 0.2) is 55.1 Å². The maximum Gasteiger partial charge on any atom is 0.339 e. The summed E-state index contributed by atoms with van der Waals surface area (Å²) < 4.78 is 22.0. The van der Waals surface area contributed by atoms with Crippen LogP contribution in [0.2, 0.25) is 5.02 Å². The maximum absolute atomic E-state index is 12.3. The highest BCUT2D eigenvalue weighted by Gasteiger charge is 2.19. The van der Waals surface area contributed by atoms with Crippen molar-refractivity contribution in [3.8, 4) is 0 Å². The molecule has 2 aromatic rings. The number of ether oxygens (including phenoxy) is 1. The molecule has 0 spiro atoms. The van der Waals surface area contributed by atoms with E-state index in [-0.39, 0.29) is 0 Å². The summed E-state index contributed by atoms with van der Waals surface area (Å²) in [5.74, 6) is -0.395. The van der Waals surface area contributed by atoms with Gasteiger partial charge in [-0.05, 0) is 52.0 Å². The molecule has 1 unspecified atom stereocenters. The van der Waals surface area contributed by atoms with Gasteiger partial charge in [-0.1, -0.05) is 51.4 Å². The van der Waals surface area contributed by atoms with Crippen LogP contribution in [0.3, 0.4) is 0 Å². The molecular formula is C20H21BrClNO3S2. The number of nitrogens with zero attached hydrogens (tertiary/aromatic N) is 1. The van der Waals surface area contributed by atoms with Crippen LogP contribution in [0.5, 0.6) is 0 Å². The van der Waals surface area contributed by atoms with E-state index in [0.29, 0.717) is 22.1 Å². The van der Waals surface area contributed by atoms with Gasteiger partial charge in [0, 0.05) is 26.0 Å². The van der Waals surface area contributed by atoms with Gasteiger partial charge in [0.15, 0.2) is 0 Å². The molecule has 4 nitrogen and oxygen atoms in total. The highest BCUT2D eigenvalue weighted by Crippen LogP contribution is 2.38. The highest BCUT2D eigenvalue weighted by molar-refractivity contribution is 9.10. The molecule has 2 rings (SSSR count). The fraction of sp³-hybridized carbons (Fsp3) is 0.300. The van der Waals surface area contributed by atoms with Crippen molar-refractivity contribution in [2.45, 2.75) is 42.2 Å². The summed E-state index contributed by atoms with van der Waals surface area (Å²) in [6.07, 6.45) is 1.57. The Hall–Kier alpha value is -1.15. The lowest BCUT2D eigenvalue weighted by molar-refractivity contribution is 0.0522. The summed E-state index contributed by atoms with van der Waals surface area (Å²) in [4.78, 5) is 13.7. The van der Waals surface area contributed by atoms with E-state index in [1.54, 1.807) is 37.4 Å². The number of carbonyl (C=O) groups is 1. The van der Waals surface area contributed by atoms with E-state index in [4.69, 9.17) is 16.3 Å². The number of halogens is 2. The van der Waals surface area contributed by atoms with Gasteiger partial charge < -0.3 is 4.74 Å². The van der Waals surface area contributed by atoms with Gasteiger partial charge in [0.2, 0.25) is 0 Å². The van der Waals surface area contributed by atoms with E-state index in [0.717, 1.165) is 14.9 Å². The molecule has 28 heavy (non-hydrogen) atoms. The lowest BCUT2D eigenvalue weighted by Gasteiger charge is -2.14. The fourth-order valence-electron chi connectivity index (χ4n) is 2.07. The lowest BCUT2D eigenvalue weighted by Crippen LogP contribution is -2.19. The first-order valence-electron chi connectivity index (χ1n) is 8.52. The molecule has 150 valence electrons. The van der Waals surface area contributed by atoms with Crippen molar-refractivity contribution in [1.82, 2.24) is 0 Å². The van der Waals surface area contributed by atoms with Crippen LogP contribution in [0.1, 0.15) is 43.6 Å². The summed E-state index contributed by atoms with van der Waals surface area (Å²) >= 11 is 11.2. The zero-order valence-electron chi connectivity index (χ0n) is 16.0. The van der Waals surface area contributed by atoms with Gasteiger partial charge in [-0.15, -0.1) is 0 Å². The van der Waals surface area contributed by atoms with Gasteiger partial charge in [-0.2, -0.15) is 4.40 Å². The van der Waals surface area contributed by atoms with Gasteiger partial charge >= 0.3 is 5.97 Å². The molecule has 8 heteroatoms. The Morgan fingerprint density at radius 1 is 1.32 bits per heavy atom. The third-order valence-corrected chi connectivity index (χ3v) is 6.94. The summed E-state index contributed by atoms with van der Waals surface area (Å²) in [5, 5.41) is 0.519. The Balaban J connectivity index is 2.45. The summed E-state index contributed by atoms with van der Waals surface area (Å²) in [6.45, 7) is 7.65. The summed E-state index contributed by atoms with van der Waals surface area (Å²) in [6, 6.07) is 10.8. The zero-order valence-corrected chi connectivity index (χ0v) is 20.0. The number of rotatable bonds is 6. The monoisotopic (exact) mass is 501 g/mol. The number of hydrogen-bond donors (Lipinski definition) is 0. The fourth-order valence-corrected chi connectivity index (χ4v) is 4.47. The molecule has 0 aromatic heterocycles. The zero-order chi connectivity index (χ0) is 20.9. The third-order valence-electron chi connectivity index (χ3n) is 3.46. The molecule has 0 saturated heterocycles. The molecule has 0 aliphatic heterocycles. The maximum atomic E-state index is 12.3. The molecule has 0 aliphatic rings. The van der Waals surface area contributed by atoms with Crippen LogP contribution in [0.25, 0.3) is 0 Å². The van der Waals surface area contributed by atoms with Crippen LogP contribution >= 0.6 is 39.3 Å². The molecule has 0 aliphatic carbocycles. The van der Waals surface area contributed by atoms with Crippen molar-refractivity contribution < 1.29 is 13.7 Å². The Labute approximate surface area is 185 Å². The number of carbonyl (C=O) groups excluding carboxylic acids is 1. The molecule has 0 bridgehead atoms. The quantitative estimate of drug-likeness (QED) is 0.343. The topological polar surface area (TPSA) is 55.7 Å². The average molecular weight is 503 g/mol. The van der Waals surface area contributed by atoms with Crippen molar-refractivity contribution in [2.24, 2.45) is 4.40 Å². The first-order chi connectivity index (χ1) is 13.1. The molecule has 0 N–H and O–H groups in total. The second kappa shape index (κ2) is 10.1. The Kier molecular flexibility index (Phi) is 8.30. The predicted molar refractivity (Wildman–Crippen MR) is 121 cm³/mol. The van der Waals surface area contributed by atoms with Gasteiger partial charge in [0.05, 0.1) is 21.9 Å². The molecule has 1 atom stereocenters. The molecule has 0 fully saturated rings. The van der Waals surface area contributed by atoms with E-state index < -0.39 is 21.7 Å². The van der Waals surface area contributed by atoms with Crippen molar-refractivity contribution >= 4 is 62.5 Å². The summed E-state index contributed by atoms with van der Waals surface area (Å²) in [5.41, 5.74) is 1.18. The minimum Gasteiger partial charge on any atom is -0.462 e. The Bertz CT molecular complexity index is 926. The van der Waals surface area contributed by atoms with Crippen molar-refractivity contribution in [3.05, 3.63) is 57.0 Å². The van der Waals surface area contributed by atoms with Crippen molar-refractivity contribution in [1.29, 1.82) is 0 Å². The molecule has 0 radical (unpaired) electrons. The molecule has 0 amide bonds. The molecule has 0 heterocycles. The van der Waals surface area contributed by atoms with Gasteiger partial charge in [0.25, 0.3) is 0 Å². The van der Waals surface area contributed by atoms with Crippen molar-refractivity contribution in [2.75, 3.05) is 6.61 Å². The van der Waals surface area contributed by atoms with E-state index >= 15 is 0 Å². The minimum atomic E-state index is -1.38. The predicted octanol–water partition coefficient (Wildman–Crippen LogP) is 6.31. The Morgan fingerprint density at radius 3 is 2.68 bits per heavy atom. The smallest absolute Gasteiger partial charge is 0.339 e. The first kappa shape index (κ1) is 23.1. The second-order valence-corrected chi connectivity index (χ2v) is 11.0. The molecule has 0 saturated carbocycles. The number of benzene rings is 2. The second-order valence-electron chi connectivity index (χ2n) is 6.72. The van der Waals surface area contributed by atoms with E-state index in [1.165, 1.54) is 11.8 Å². The van der Waals surface area contributed by atoms with Gasteiger partial charge in [-0.25, -0.2) is 9.00 Å². The molecule has 2 aromatic carbocycles. The summed E-state index contributed by atoms with van der Waals surface area (Å²) in [7, 11) is -1.38. The van der Waals surface area contributed by atoms with Crippen LogP contribution in [-0.2, 0) is 15.7 Å². The van der Waals surface area contributed by atoms with Crippen LogP contribution in [-0.4, -0.2) is 27.7 Å². The van der Waals surface area contributed by atoms with Crippen LogP contribution < -0.4 is 0 Å². The van der Waals surface area contributed by atoms with E-state index in [2.05, 4.69) is 20.3 Å². The standard InChI is InChI=1S/C20H21BrClNO3S2/c1-5-26-19(24)15-10-9-14(21)11-17(15)27-18-13(7-6-8-16(18)22)12-23-28(25)20(2,3)4/h6-12H,5H2,1-4H3. The lowest BCUT2D eigenvalue weighted by atomic mass is 10.2. The normalized spacial score (nSPS) is 12.9. The van der Waals surface area contributed by atoms with Gasteiger partial charge in [-0.3, -0.25) is 0 Å². The number of esters is 1. The first-order valence-corrected chi connectivity index (χ1v) is 11.6.